The minimum Gasteiger partial charge on any atom is -0.322 e. The lowest BCUT2D eigenvalue weighted by molar-refractivity contribution is -0.384. The first kappa shape index (κ1) is 18.9. The van der Waals surface area contributed by atoms with Crippen molar-refractivity contribution in [3.8, 4) is 0 Å². The molecule has 2 aromatic rings. The molecule has 1 aliphatic rings. The van der Waals surface area contributed by atoms with E-state index in [9.17, 15) is 14.9 Å². The maximum Gasteiger partial charge on any atom is 0.289 e. The van der Waals surface area contributed by atoms with Crippen LogP contribution in [0.5, 0.6) is 0 Å². The summed E-state index contributed by atoms with van der Waals surface area (Å²) in [6, 6.07) is 4.28. The number of thiophene rings is 1. The molecule has 1 unspecified atom stereocenters. The summed E-state index contributed by atoms with van der Waals surface area (Å²) in [5, 5.41) is 15.7. The maximum atomic E-state index is 12.7. The van der Waals surface area contributed by atoms with Gasteiger partial charge in [0, 0.05) is 22.0 Å². The van der Waals surface area contributed by atoms with Gasteiger partial charge in [0.05, 0.1) is 10.5 Å². The molecule has 7 heteroatoms. The van der Waals surface area contributed by atoms with Crippen LogP contribution >= 0.6 is 22.9 Å². The second-order valence-corrected chi connectivity index (χ2v) is 9.11. The minimum atomic E-state index is -0.558. The summed E-state index contributed by atoms with van der Waals surface area (Å²) < 4.78 is 0. The molecule has 1 aromatic heterocycles. The van der Waals surface area contributed by atoms with Crippen molar-refractivity contribution in [2.45, 2.75) is 40.0 Å². The number of carbonyl (C=O) groups is 1. The Kier molecular flexibility index (Phi) is 5.08. The SMILES string of the molecule is CC(C)(C)C1CCc2c(C(=O)Nc3ccc(Cl)c([N+](=O)[O-])c3)csc2C1. The van der Waals surface area contributed by atoms with Crippen molar-refractivity contribution in [2.75, 3.05) is 5.32 Å². The Labute approximate surface area is 161 Å². The average Bonchev–Trinajstić information content (AvgIpc) is 2.98. The van der Waals surface area contributed by atoms with Gasteiger partial charge in [-0.25, -0.2) is 0 Å². The zero-order valence-corrected chi connectivity index (χ0v) is 16.5. The Morgan fingerprint density at radius 3 is 2.77 bits per heavy atom. The van der Waals surface area contributed by atoms with E-state index in [1.165, 1.54) is 17.0 Å². The van der Waals surface area contributed by atoms with Crippen molar-refractivity contribution in [3.05, 3.63) is 54.7 Å². The summed E-state index contributed by atoms with van der Waals surface area (Å²) >= 11 is 7.45. The lowest BCUT2D eigenvalue weighted by Crippen LogP contribution is -2.27. The molecule has 26 heavy (non-hydrogen) atoms. The normalized spacial score (nSPS) is 16.8. The van der Waals surface area contributed by atoms with Gasteiger partial charge in [-0.3, -0.25) is 14.9 Å². The molecule has 5 nitrogen and oxygen atoms in total. The van der Waals surface area contributed by atoms with Crippen LogP contribution in [0.3, 0.4) is 0 Å². The quantitative estimate of drug-likeness (QED) is 0.536. The van der Waals surface area contributed by atoms with Crippen molar-refractivity contribution >= 4 is 40.2 Å². The number of nitro benzene ring substituents is 1. The van der Waals surface area contributed by atoms with Crippen LogP contribution in [0.1, 0.15) is 48.0 Å². The number of halogens is 1. The van der Waals surface area contributed by atoms with Crippen molar-refractivity contribution in [1.29, 1.82) is 0 Å². The first-order valence-corrected chi connectivity index (χ1v) is 9.77. The highest BCUT2D eigenvalue weighted by Crippen LogP contribution is 2.40. The van der Waals surface area contributed by atoms with E-state index in [1.54, 1.807) is 17.4 Å². The van der Waals surface area contributed by atoms with E-state index in [4.69, 9.17) is 11.6 Å². The largest absolute Gasteiger partial charge is 0.322 e. The van der Waals surface area contributed by atoms with E-state index >= 15 is 0 Å². The van der Waals surface area contributed by atoms with Crippen LogP contribution in [0.15, 0.2) is 23.6 Å². The molecule has 1 aromatic carbocycles. The fourth-order valence-electron chi connectivity index (χ4n) is 3.37. The van der Waals surface area contributed by atoms with Gasteiger partial charge in [-0.15, -0.1) is 11.3 Å². The highest BCUT2D eigenvalue weighted by Gasteiger charge is 2.31. The number of fused-ring (bicyclic) bond motifs is 1. The molecule has 1 N–H and O–H groups in total. The third-order valence-corrected chi connectivity index (χ3v) is 6.40. The predicted octanol–water partition coefficient (Wildman–Crippen LogP) is 5.71. The summed E-state index contributed by atoms with van der Waals surface area (Å²) in [6.45, 7) is 6.78. The lowest BCUT2D eigenvalue weighted by Gasteiger charge is -2.34. The Balaban J connectivity index is 1.80. The molecule has 1 aliphatic carbocycles. The molecule has 0 spiro atoms. The fourth-order valence-corrected chi connectivity index (χ4v) is 4.72. The highest BCUT2D eigenvalue weighted by molar-refractivity contribution is 7.10. The number of carbonyl (C=O) groups excluding carboxylic acids is 1. The van der Waals surface area contributed by atoms with Crippen LogP contribution in [-0.4, -0.2) is 10.8 Å². The molecule has 0 fully saturated rings. The number of anilines is 1. The number of nitrogens with zero attached hydrogens (tertiary/aromatic N) is 1. The smallest absolute Gasteiger partial charge is 0.289 e. The number of benzene rings is 1. The van der Waals surface area contributed by atoms with Crippen molar-refractivity contribution < 1.29 is 9.72 Å². The topological polar surface area (TPSA) is 72.2 Å². The van der Waals surface area contributed by atoms with E-state index in [-0.39, 0.29) is 22.0 Å². The van der Waals surface area contributed by atoms with Gasteiger partial charge in [-0.1, -0.05) is 32.4 Å². The summed E-state index contributed by atoms with van der Waals surface area (Å²) in [7, 11) is 0. The van der Waals surface area contributed by atoms with Crippen molar-refractivity contribution in [3.63, 3.8) is 0 Å². The molecule has 0 saturated heterocycles. The number of hydrogen-bond donors (Lipinski definition) is 1. The van der Waals surface area contributed by atoms with Crippen LogP contribution in [0.2, 0.25) is 5.02 Å². The molecule has 1 amide bonds. The summed E-state index contributed by atoms with van der Waals surface area (Å²) in [4.78, 5) is 24.4. The van der Waals surface area contributed by atoms with E-state index in [1.807, 2.05) is 5.38 Å². The highest BCUT2D eigenvalue weighted by atomic mass is 35.5. The second-order valence-electron chi connectivity index (χ2n) is 7.73. The molecule has 0 saturated carbocycles. The number of nitro groups is 1. The predicted molar refractivity (Wildman–Crippen MR) is 105 cm³/mol. The number of hydrogen-bond acceptors (Lipinski definition) is 4. The summed E-state index contributed by atoms with van der Waals surface area (Å²) in [5.41, 5.74) is 2.21. The number of nitrogens with one attached hydrogen (secondary N) is 1. The molecule has 1 atom stereocenters. The second kappa shape index (κ2) is 7.00. The monoisotopic (exact) mass is 392 g/mol. The molecule has 1 heterocycles. The van der Waals surface area contributed by atoms with Gasteiger partial charge < -0.3 is 5.32 Å². The lowest BCUT2D eigenvalue weighted by atomic mass is 9.72. The van der Waals surface area contributed by atoms with Gasteiger partial charge in [0.2, 0.25) is 0 Å². The molecule has 138 valence electrons. The van der Waals surface area contributed by atoms with E-state index < -0.39 is 4.92 Å². The van der Waals surface area contributed by atoms with Gasteiger partial charge in [0.15, 0.2) is 0 Å². The van der Waals surface area contributed by atoms with Gasteiger partial charge in [0.1, 0.15) is 5.02 Å². The van der Waals surface area contributed by atoms with Crippen LogP contribution in [0.4, 0.5) is 11.4 Å². The van der Waals surface area contributed by atoms with Crippen molar-refractivity contribution in [1.82, 2.24) is 0 Å². The van der Waals surface area contributed by atoms with Gasteiger partial charge in [0.25, 0.3) is 11.6 Å². The molecule has 0 bridgehead atoms. The Hall–Kier alpha value is -1.92. The molecular formula is C19H21ClN2O3S. The molecule has 3 rings (SSSR count). The number of rotatable bonds is 3. The molecular weight excluding hydrogens is 372 g/mol. The Bertz CT molecular complexity index is 870. The minimum absolute atomic E-state index is 0.0501. The fraction of sp³-hybridized carbons (Fsp3) is 0.421. The maximum absolute atomic E-state index is 12.7. The molecule has 0 aliphatic heterocycles. The first-order chi connectivity index (χ1) is 12.2. The Morgan fingerprint density at radius 1 is 1.38 bits per heavy atom. The third-order valence-electron chi connectivity index (χ3n) is 5.03. The van der Waals surface area contributed by atoms with E-state index in [2.05, 4.69) is 26.1 Å². The van der Waals surface area contributed by atoms with Crippen molar-refractivity contribution in [2.24, 2.45) is 11.3 Å². The first-order valence-electron chi connectivity index (χ1n) is 8.51. The van der Waals surface area contributed by atoms with E-state index in [0.29, 0.717) is 17.2 Å². The zero-order valence-electron chi connectivity index (χ0n) is 15.0. The third kappa shape index (κ3) is 3.76. The average molecular weight is 393 g/mol. The van der Waals surface area contributed by atoms with Crippen LogP contribution < -0.4 is 5.32 Å². The van der Waals surface area contributed by atoms with Crippen LogP contribution in [0.25, 0.3) is 0 Å². The standard InChI is InChI=1S/C19H21ClN2O3S/c1-19(2,3)11-4-6-13-14(10-26-17(13)8-11)18(23)21-12-5-7-15(20)16(9-12)22(24)25/h5,7,9-11H,4,6,8H2,1-3H3,(H,21,23). The van der Waals surface area contributed by atoms with Crippen LogP contribution in [0, 0.1) is 21.4 Å². The summed E-state index contributed by atoms with van der Waals surface area (Å²) in [6.07, 6.45) is 2.97. The van der Waals surface area contributed by atoms with E-state index in [0.717, 1.165) is 24.8 Å². The zero-order chi connectivity index (χ0) is 19.1. The van der Waals surface area contributed by atoms with Gasteiger partial charge >= 0.3 is 0 Å². The van der Waals surface area contributed by atoms with Crippen LogP contribution in [-0.2, 0) is 12.8 Å². The molecule has 0 radical (unpaired) electrons. The summed E-state index contributed by atoms with van der Waals surface area (Å²) in [5.74, 6) is 0.386. The van der Waals surface area contributed by atoms with Gasteiger partial charge in [-0.2, -0.15) is 0 Å². The number of amides is 1. The Morgan fingerprint density at radius 2 is 2.12 bits per heavy atom. The van der Waals surface area contributed by atoms with Gasteiger partial charge in [-0.05, 0) is 48.3 Å².